The maximum Gasteiger partial charge on any atom is 0.228 e. The highest BCUT2D eigenvalue weighted by Gasteiger charge is 2.29. The maximum absolute atomic E-state index is 11.5. The lowest BCUT2D eigenvalue weighted by molar-refractivity contribution is -0.117. The third kappa shape index (κ3) is 1.83. The molecule has 0 N–H and O–H groups in total. The van der Waals surface area contributed by atoms with E-state index >= 15 is 0 Å². The minimum atomic E-state index is -0.0989. The molecule has 0 aromatic carbocycles. The van der Waals surface area contributed by atoms with Gasteiger partial charge in [0.2, 0.25) is 5.91 Å². The van der Waals surface area contributed by atoms with Gasteiger partial charge in [-0.3, -0.25) is 4.79 Å². The fraction of sp³-hybridized carbons (Fsp3) is 0.333. The Bertz CT molecular complexity index is 352. The molecule has 0 radical (unpaired) electrons. The Balaban J connectivity index is 2.23. The fourth-order valence-corrected chi connectivity index (χ4v) is 1.82. The summed E-state index contributed by atoms with van der Waals surface area (Å²) in [7, 11) is 0. The van der Waals surface area contributed by atoms with Crippen molar-refractivity contribution >= 4 is 34.8 Å². The topological polar surface area (TPSA) is 33.2 Å². The van der Waals surface area contributed by atoms with Crippen LogP contribution in [0, 0.1) is 0 Å². The number of amides is 1. The number of alkyl halides is 1. The molecule has 0 saturated carbocycles. The van der Waals surface area contributed by atoms with Crippen LogP contribution in [-0.4, -0.2) is 22.8 Å². The molecule has 0 aliphatic carbocycles. The first kappa shape index (κ1) is 9.74. The fourth-order valence-electron chi connectivity index (χ4n) is 1.44. The lowest BCUT2D eigenvalue weighted by Crippen LogP contribution is -2.24. The summed E-state index contributed by atoms with van der Waals surface area (Å²) in [5, 5.41) is 0.320. The summed E-state index contributed by atoms with van der Waals surface area (Å²) < 4.78 is 0. The van der Waals surface area contributed by atoms with Crippen LogP contribution < -0.4 is 4.90 Å². The normalized spacial score (nSPS) is 21.7. The Morgan fingerprint density at radius 2 is 2.29 bits per heavy atom. The van der Waals surface area contributed by atoms with E-state index in [1.807, 2.05) is 0 Å². The summed E-state index contributed by atoms with van der Waals surface area (Å²) in [6.07, 6.45) is 1.97. The molecule has 14 heavy (non-hydrogen) atoms. The number of pyridine rings is 1. The molecule has 74 valence electrons. The van der Waals surface area contributed by atoms with Gasteiger partial charge in [0.1, 0.15) is 5.15 Å². The van der Waals surface area contributed by atoms with Gasteiger partial charge in [0.25, 0.3) is 0 Å². The third-order valence-corrected chi connectivity index (χ3v) is 2.62. The first-order valence-electron chi connectivity index (χ1n) is 4.23. The molecule has 1 fully saturated rings. The average Bonchev–Trinajstić information content (AvgIpc) is 2.47. The molecule has 1 atom stereocenters. The summed E-state index contributed by atoms with van der Waals surface area (Å²) in [4.78, 5) is 17.0. The molecule has 5 heteroatoms. The predicted molar refractivity (Wildman–Crippen MR) is 55.9 cm³/mol. The largest absolute Gasteiger partial charge is 0.309 e. The van der Waals surface area contributed by atoms with Crippen molar-refractivity contribution in [2.45, 2.75) is 11.8 Å². The minimum Gasteiger partial charge on any atom is -0.309 e. The van der Waals surface area contributed by atoms with Gasteiger partial charge in [-0.1, -0.05) is 11.6 Å². The summed E-state index contributed by atoms with van der Waals surface area (Å²) >= 11 is 11.5. The van der Waals surface area contributed by atoms with Crippen LogP contribution in [0.25, 0.3) is 0 Å². The van der Waals surface area contributed by atoms with Crippen molar-refractivity contribution < 1.29 is 4.79 Å². The average molecular weight is 231 g/mol. The molecule has 1 aromatic rings. The lowest BCUT2D eigenvalue weighted by atomic mass is 10.4. The van der Waals surface area contributed by atoms with Gasteiger partial charge in [-0.25, -0.2) is 4.98 Å². The van der Waals surface area contributed by atoms with Gasteiger partial charge in [-0.15, -0.1) is 11.6 Å². The molecular weight excluding hydrogens is 223 g/mol. The Morgan fingerprint density at radius 3 is 2.79 bits per heavy atom. The molecule has 1 unspecified atom stereocenters. The number of aromatic nitrogens is 1. The van der Waals surface area contributed by atoms with Crippen LogP contribution in [0.2, 0.25) is 5.15 Å². The maximum atomic E-state index is 11.5. The van der Waals surface area contributed by atoms with Crippen molar-refractivity contribution in [1.29, 1.82) is 0 Å². The molecule has 3 nitrogen and oxygen atoms in total. The smallest absolute Gasteiger partial charge is 0.228 e. The van der Waals surface area contributed by atoms with Crippen LogP contribution in [0.3, 0.4) is 0 Å². The lowest BCUT2D eigenvalue weighted by Gasteiger charge is -2.14. The van der Waals surface area contributed by atoms with E-state index in [1.165, 1.54) is 0 Å². The van der Waals surface area contributed by atoms with E-state index in [2.05, 4.69) is 4.98 Å². The van der Waals surface area contributed by atoms with E-state index in [1.54, 1.807) is 23.2 Å². The quantitative estimate of drug-likeness (QED) is 0.547. The molecule has 1 aliphatic rings. The van der Waals surface area contributed by atoms with E-state index < -0.39 is 0 Å². The van der Waals surface area contributed by atoms with Gasteiger partial charge in [-0.05, 0) is 12.1 Å². The molecule has 1 aromatic heterocycles. The summed E-state index contributed by atoms with van der Waals surface area (Å²) in [6.45, 7) is 0.545. The minimum absolute atomic E-state index is 0.0362. The first-order chi connectivity index (χ1) is 6.66. The van der Waals surface area contributed by atoms with E-state index in [0.29, 0.717) is 18.1 Å². The number of halogens is 2. The third-order valence-electron chi connectivity index (χ3n) is 2.10. The van der Waals surface area contributed by atoms with E-state index in [0.717, 1.165) is 5.69 Å². The van der Waals surface area contributed by atoms with Gasteiger partial charge >= 0.3 is 0 Å². The number of hydrogen-bond acceptors (Lipinski definition) is 2. The number of carbonyl (C=O) groups is 1. The molecule has 1 saturated heterocycles. The molecule has 0 bridgehead atoms. The van der Waals surface area contributed by atoms with Crippen molar-refractivity contribution in [3.63, 3.8) is 0 Å². The predicted octanol–water partition coefficient (Wildman–Crippen LogP) is 2.08. The Kier molecular flexibility index (Phi) is 2.61. The second-order valence-electron chi connectivity index (χ2n) is 3.14. The molecule has 1 aliphatic heterocycles. The van der Waals surface area contributed by atoms with Crippen LogP contribution >= 0.6 is 23.2 Å². The number of rotatable bonds is 1. The van der Waals surface area contributed by atoms with Crippen molar-refractivity contribution in [1.82, 2.24) is 4.98 Å². The Labute approximate surface area is 91.6 Å². The zero-order valence-corrected chi connectivity index (χ0v) is 8.79. The van der Waals surface area contributed by atoms with E-state index in [4.69, 9.17) is 23.2 Å². The standard InChI is InChI=1S/C9H8Cl2N2O/c10-6-3-9(14)13(5-6)7-1-2-8(11)12-4-7/h1-2,4,6H,3,5H2. The monoisotopic (exact) mass is 230 g/mol. The molecule has 1 amide bonds. The highest BCUT2D eigenvalue weighted by atomic mass is 35.5. The van der Waals surface area contributed by atoms with E-state index in [9.17, 15) is 4.79 Å². The van der Waals surface area contributed by atoms with Gasteiger partial charge in [0, 0.05) is 13.0 Å². The first-order valence-corrected chi connectivity index (χ1v) is 5.04. The van der Waals surface area contributed by atoms with Crippen LogP contribution in [-0.2, 0) is 4.79 Å². The van der Waals surface area contributed by atoms with Gasteiger partial charge < -0.3 is 4.90 Å². The zero-order valence-electron chi connectivity index (χ0n) is 7.28. The molecule has 2 rings (SSSR count). The van der Waals surface area contributed by atoms with Crippen molar-refractivity contribution in [3.05, 3.63) is 23.5 Å². The molecule has 2 heterocycles. The van der Waals surface area contributed by atoms with Crippen LogP contribution in [0.5, 0.6) is 0 Å². The Hall–Kier alpha value is -0.800. The summed E-state index contributed by atoms with van der Waals surface area (Å²) in [6, 6.07) is 3.42. The highest BCUT2D eigenvalue weighted by Crippen LogP contribution is 2.23. The van der Waals surface area contributed by atoms with Crippen molar-refractivity contribution in [3.8, 4) is 0 Å². The van der Waals surface area contributed by atoms with Crippen molar-refractivity contribution in [2.75, 3.05) is 11.4 Å². The number of carbonyl (C=O) groups excluding carboxylic acids is 1. The summed E-state index contributed by atoms with van der Waals surface area (Å²) in [5.41, 5.74) is 0.752. The number of nitrogens with zero attached hydrogens (tertiary/aromatic N) is 2. The zero-order chi connectivity index (χ0) is 10.1. The SMILES string of the molecule is O=C1CC(Cl)CN1c1ccc(Cl)nc1. The van der Waals surface area contributed by atoms with Crippen LogP contribution in [0.1, 0.15) is 6.42 Å². The van der Waals surface area contributed by atoms with Crippen LogP contribution in [0.15, 0.2) is 18.3 Å². The summed E-state index contributed by atoms with van der Waals surface area (Å²) in [5.74, 6) is 0.0362. The molecule has 0 spiro atoms. The van der Waals surface area contributed by atoms with Gasteiger partial charge in [0.05, 0.1) is 17.3 Å². The number of hydrogen-bond donors (Lipinski definition) is 0. The second-order valence-corrected chi connectivity index (χ2v) is 4.15. The number of anilines is 1. The Morgan fingerprint density at radius 1 is 1.50 bits per heavy atom. The second kappa shape index (κ2) is 3.75. The van der Waals surface area contributed by atoms with Crippen molar-refractivity contribution in [2.24, 2.45) is 0 Å². The highest BCUT2D eigenvalue weighted by molar-refractivity contribution is 6.29. The van der Waals surface area contributed by atoms with E-state index in [-0.39, 0.29) is 11.3 Å². The van der Waals surface area contributed by atoms with Gasteiger partial charge in [-0.2, -0.15) is 0 Å². The molecular formula is C9H8Cl2N2O. The van der Waals surface area contributed by atoms with Crippen LogP contribution in [0.4, 0.5) is 5.69 Å². The van der Waals surface area contributed by atoms with Gasteiger partial charge in [0.15, 0.2) is 0 Å².